The molecule has 1 aliphatic heterocycles. The summed E-state index contributed by atoms with van der Waals surface area (Å²) in [5.41, 5.74) is 0. The predicted octanol–water partition coefficient (Wildman–Crippen LogP) is -0.0447. The second-order valence-electron chi connectivity index (χ2n) is 4.17. The van der Waals surface area contributed by atoms with Gasteiger partial charge in [0.25, 0.3) is 0 Å². The molecule has 0 spiro atoms. The first-order valence-corrected chi connectivity index (χ1v) is 7.76. The lowest BCUT2D eigenvalue weighted by molar-refractivity contribution is -0.127. The fourth-order valence-electron chi connectivity index (χ4n) is 1.76. The van der Waals surface area contributed by atoms with Gasteiger partial charge in [-0.15, -0.1) is 11.3 Å². The van der Waals surface area contributed by atoms with Crippen LogP contribution in [0.5, 0.6) is 0 Å². The van der Waals surface area contributed by atoms with Crippen LogP contribution < -0.4 is 4.72 Å². The molecule has 1 aliphatic rings. The average Bonchev–Trinajstić information content (AvgIpc) is 2.92. The Hall–Kier alpha value is -1.45. The maximum atomic E-state index is 12.0. The number of nitrogens with one attached hydrogen (secondary N) is 1. The SMILES string of the molecule is CN1CCC(NS(=O)(=O)c2csc(C(=O)O)c2)C1=O. The summed E-state index contributed by atoms with van der Waals surface area (Å²) in [4.78, 5) is 23.6. The molecular weight excluding hydrogens is 292 g/mol. The van der Waals surface area contributed by atoms with Gasteiger partial charge in [0.05, 0.1) is 4.90 Å². The van der Waals surface area contributed by atoms with Crippen LogP contribution in [0.3, 0.4) is 0 Å². The summed E-state index contributed by atoms with van der Waals surface area (Å²) in [5.74, 6) is -1.46. The largest absolute Gasteiger partial charge is 0.477 e. The van der Waals surface area contributed by atoms with Crippen molar-refractivity contribution in [3.05, 3.63) is 16.3 Å². The van der Waals surface area contributed by atoms with Gasteiger partial charge in [-0.2, -0.15) is 4.72 Å². The maximum absolute atomic E-state index is 12.0. The van der Waals surface area contributed by atoms with Gasteiger partial charge in [-0.1, -0.05) is 0 Å². The van der Waals surface area contributed by atoms with Crippen molar-refractivity contribution in [3.63, 3.8) is 0 Å². The van der Waals surface area contributed by atoms with E-state index < -0.39 is 22.0 Å². The number of thiophene rings is 1. The highest BCUT2D eigenvalue weighted by Gasteiger charge is 2.33. The molecule has 1 fully saturated rings. The minimum absolute atomic E-state index is 0.0600. The molecule has 9 heteroatoms. The van der Waals surface area contributed by atoms with Crippen LogP contribution in [0.2, 0.25) is 0 Å². The van der Waals surface area contributed by atoms with E-state index in [2.05, 4.69) is 4.72 Å². The summed E-state index contributed by atoms with van der Waals surface area (Å²) in [7, 11) is -2.26. The molecule has 0 aliphatic carbocycles. The van der Waals surface area contributed by atoms with Crippen molar-refractivity contribution in [1.29, 1.82) is 0 Å². The number of sulfonamides is 1. The number of carbonyl (C=O) groups is 2. The highest BCUT2D eigenvalue weighted by molar-refractivity contribution is 7.89. The Labute approximate surface area is 113 Å². The third-order valence-electron chi connectivity index (χ3n) is 2.82. The van der Waals surface area contributed by atoms with Gasteiger partial charge in [-0.25, -0.2) is 13.2 Å². The van der Waals surface area contributed by atoms with Crippen molar-refractivity contribution in [2.75, 3.05) is 13.6 Å². The number of hydrogen-bond acceptors (Lipinski definition) is 5. The van der Waals surface area contributed by atoms with E-state index in [4.69, 9.17) is 5.11 Å². The fourth-order valence-corrected chi connectivity index (χ4v) is 4.09. The highest BCUT2D eigenvalue weighted by Crippen LogP contribution is 2.20. The molecule has 1 amide bonds. The van der Waals surface area contributed by atoms with Gasteiger partial charge >= 0.3 is 5.97 Å². The zero-order valence-corrected chi connectivity index (χ0v) is 11.6. The summed E-state index contributed by atoms with van der Waals surface area (Å²) < 4.78 is 26.3. The van der Waals surface area contributed by atoms with Crippen molar-refractivity contribution in [2.24, 2.45) is 0 Å². The summed E-state index contributed by atoms with van der Waals surface area (Å²) >= 11 is 0.830. The van der Waals surface area contributed by atoms with Crippen LogP contribution in [0, 0.1) is 0 Å². The number of nitrogens with zero attached hydrogens (tertiary/aromatic N) is 1. The Morgan fingerprint density at radius 3 is 2.74 bits per heavy atom. The minimum atomic E-state index is -3.86. The molecule has 1 saturated heterocycles. The predicted molar refractivity (Wildman–Crippen MR) is 67.6 cm³/mol. The molecule has 1 unspecified atom stereocenters. The Balaban J connectivity index is 2.18. The topological polar surface area (TPSA) is 104 Å². The van der Waals surface area contributed by atoms with Crippen LogP contribution in [-0.4, -0.2) is 49.9 Å². The molecule has 0 bridgehead atoms. The highest BCUT2D eigenvalue weighted by atomic mass is 32.2. The number of likely N-dealkylation sites (tertiary alicyclic amines) is 1. The Morgan fingerprint density at radius 2 is 2.26 bits per heavy atom. The fraction of sp³-hybridized carbons (Fsp3) is 0.400. The number of amides is 1. The maximum Gasteiger partial charge on any atom is 0.345 e. The van der Waals surface area contributed by atoms with Crippen molar-refractivity contribution < 1.29 is 23.1 Å². The standard InChI is InChI=1S/C10H12N2O5S2/c1-12-3-2-7(9(12)13)11-19(16,17)6-4-8(10(14)15)18-5-6/h4-5,7,11H,2-3H2,1H3,(H,14,15). The van der Waals surface area contributed by atoms with E-state index in [0.717, 1.165) is 17.4 Å². The van der Waals surface area contributed by atoms with Crippen LogP contribution in [0.1, 0.15) is 16.1 Å². The lowest BCUT2D eigenvalue weighted by Crippen LogP contribution is -2.40. The molecule has 0 saturated carbocycles. The molecule has 1 aromatic heterocycles. The first kappa shape index (κ1) is 14.0. The number of rotatable bonds is 4. The van der Waals surface area contributed by atoms with E-state index in [-0.39, 0.29) is 15.7 Å². The summed E-state index contributed by atoms with van der Waals surface area (Å²) in [6.45, 7) is 0.496. The number of hydrogen-bond donors (Lipinski definition) is 2. The molecule has 0 aromatic carbocycles. The first-order valence-electron chi connectivity index (χ1n) is 5.40. The van der Waals surface area contributed by atoms with Crippen molar-refractivity contribution in [1.82, 2.24) is 9.62 Å². The lowest BCUT2D eigenvalue weighted by atomic mass is 10.3. The van der Waals surface area contributed by atoms with E-state index in [1.165, 1.54) is 10.3 Å². The van der Waals surface area contributed by atoms with E-state index in [0.29, 0.717) is 13.0 Å². The molecular formula is C10H12N2O5S2. The number of carboxylic acids is 1. The Morgan fingerprint density at radius 1 is 1.58 bits per heavy atom. The van der Waals surface area contributed by atoms with Crippen molar-refractivity contribution in [3.8, 4) is 0 Å². The Kier molecular flexibility index (Phi) is 3.61. The number of likely N-dealkylation sites (N-methyl/N-ethyl adjacent to an activating group) is 1. The van der Waals surface area contributed by atoms with Gasteiger partial charge in [0.15, 0.2) is 0 Å². The molecule has 19 heavy (non-hydrogen) atoms. The van der Waals surface area contributed by atoms with E-state index >= 15 is 0 Å². The molecule has 104 valence electrons. The van der Waals surface area contributed by atoms with Crippen LogP contribution in [0.15, 0.2) is 16.3 Å². The van der Waals surface area contributed by atoms with Crippen LogP contribution >= 0.6 is 11.3 Å². The van der Waals surface area contributed by atoms with Gasteiger partial charge in [0.1, 0.15) is 10.9 Å². The van der Waals surface area contributed by atoms with Gasteiger partial charge in [0, 0.05) is 19.0 Å². The van der Waals surface area contributed by atoms with Crippen LogP contribution in [0.4, 0.5) is 0 Å². The summed E-state index contributed by atoms with van der Waals surface area (Å²) in [5, 5.41) is 10.0. The van der Waals surface area contributed by atoms with Gasteiger partial charge in [-0.05, 0) is 12.5 Å². The first-order chi connectivity index (χ1) is 8.81. The van der Waals surface area contributed by atoms with E-state index in [1.54, 1.807) is 7.05 Å². The molecule has 0 radical (unpaired) electrons. The van der Waals surface area contributed by atoms with E-state index in [1.807, 2.05) is 0 Å². The van der Waals surface area contributed by atoms with E-state index in [9.17, 15) is 18.0 Å². The number of aromatic carboxylic acids is 1. The van der Waals surface area contributed by atoms with Crippen LogP contribution in [0.25, 0.3) is 0 Å². The zero-order chi connectivity index (χ0) is 14.2. The quantitative estimate of drug-likeness (QED) is 0.812. The summed E-state index contributed by atoms with van der Waals surface area (Å²) in [6, 6.07) is 0.307. The smallest absolute Gasteiger partial charge is 0.345 e. The summed E-state index contributed by atoms with van der Waals surface area (Å²) in [6.07, 6.45) is 0.407. The average molecular weight is 304 g/mol. The molecule has 1 aromatic rings. The van der Waals surface area contributed by atoms with Crippen LogP contribution in [-0.2, 0) is 14.8 Å². The van der Waals surface area contributed by atoms with Crippen molar-refractivity contribution in [2.45, 2.75) is 17.4 Å². The molecule has 7 nitrogen and oxygen atoms in total. The molecule has 2 N–H and O–H groups in total. The third-order valence-corrected chi connectivity index (χ3v) is 5.34. The second kappa shape index (κ2) is 4.91. The Bertz CT molecular complexity index is 622. The second-order valence-corrected chi connectivity index (χ2v) is 6.80. The normalized spacial score (nSPS) is 19.9. The number of carbonyl (C=O) groups excluding carboxylic acids is 1. The van der Waals surface area contributed by atoms with Gasteiger partial charge in [0.2, 0.25) is 15.9 Å². The third kappa shape index (κ3) is 2.77. The minimum Gasteiger partial charge on any atom is -0.477 e. The monoisotopic (exact) mass is 304 g/mol. The zero-order valence-electron chi connectivity index (χ0n) is 9.99. The van der Waals surface area contributed by atoms with Crippen molar-refractivity contribution >= 4 is 33.2 Å². The number of carboxylic acid groups (broad SMARTS) is 1. The molecule has 2 heterocycles. The molecule has 1 atom stereocenters. The van der Waals surface area contributed by atoms with Gasteiger partial charge in [-0.3, -0.25) is 4.79 Å². The lowest BCUT2D eigenvalue weighted by Gasteiger charge is -2.11. The van der Waals surface area contributed by atoms with Gasteiger partial charge < -0.3 is 10.0 Å². The molecule has 2 rings (SSSR count).